The number of nitrogens with zero attached hydrogens (tertiary/aromatic N) is 2. The van der Waals surface area contributed by atoms with E-state index in [1.54, 1.807) is 19.1 Å². The van der Waals surface area contributed by atoms with Gasteiger partial charge < -0.3 is 9.47 Å². The average molecular weight is 234 g/mol. The van der Waals surface area contributed by atoms with E-state index in [-0.39, 0.29) is 6.61 Å². The van der Waals surface area contributed by atoms with Crippen molar-refractivity contribution in [2.75, 3.05) is 13.7 Å². The average Bonchev–Trinajstić information content (AvgIpc) is 2.38. The summed E-state index contributed by atoms with van der Waals surface area (Å²) < 4.78 is 9.86. The molecule has 1 aromatic heterocycles. The molecule has 0 saturated carbocycles. The van der Waals surface area contributed by atoms with Gasteiger partial charge >= 0.3 is 5.97 Å². The number of aromatic nitrogens is 1. The molecular weight excluding hydrogens is 220 g/mol. The van der Waals surface area contributed by atoms with Gasteiger partial charge in [-0.2, -0.15) is 5.26 Å². The highest BCUT2D eigenvalue weighted by Gasteiger charge is 2.37. The Kier molecular flexibility index (Phi) is 4.05. The standard InChI is InChI=1S/C12H14N2O3/c1-4-17-11(15)12(2,8-13)9-5-6-14-10(7-9)16-3/h5-7H,4H2,1-3H3. The molecule has 0 aliphatic heterocycles. The lowest BCUT2D eigenvalue weighted by Gasteiger charge is -2.19. The van der Waals surface area contributed by atoms with Crippen molar-refractivity contribution in [1.82, 2.24) is 4.98 Å². The fourth-order valence-electron chi connectivity index (χ4n) is 1.34. The molecular formula is C12H14N2O3. The Morgan fingerprint density at radius 1 is 1.65 bits per heavy atom. The van der Waals surface area contributed by atoms with Crippen LogP contribution in [0, 0.1) is 11.3 Å². The molecule has 0 amide bonds. The van der Waals surface area contributed by atoms with Crippen LogP contribution in [0.15, 0.2) is 18.3 Å². The first-order valence-electron chi connectivity index (χ1n) is 5.17. The maximum absolute atomic E-state index is 11.8. The SMILES string of the molecule is CCOC(=O)C(C)(C#N)c1ccnc(OC)c1. The van der Waals surface area contributed by atoms with Crippen molar-refractivity contribution < 1.29 is 14.3 Å². The molecule has 90 valence electrons. The summed E-state index contributed by atoms with van der Waals surface area (Å²) >= 11 is 0. The number of methoxy groups -OCH3 is 1. The predicted octanol–water partition coefficient (Wildman–Crippen LogP) is 1.43. The van der Waals surface area contributed by atoms with E-state index >= 15 is 0 Å². The van der Waals surface area contributed by atoms with Crippen LogP contribution in [0.5, 0.6) is 5.88 Å². The van der Waals surface area contributed by atoms with Gasteiger partial charge in [0, 0.05) is 12.3 Å². The summed E-state index contributed by atoms with van der Waals surface area (Å²) in [7, 11) is 1.47. The minimum atomic E-state index is -1.34. The lowest BCUT2D eigenvalue weighted by atomic mass is 9.84. The Morgan fingerprint density at radius 2 is 2.35 bits per heavy atom. The van der Waals surface area contributed by atoms with Gasteiger partial charge in [-0.3, -0.25) is 0 Å². The first kappa shape index (κ1) is 13.0. The number of pyridine rings is 1. The van der Waals surface area contributed by atoms with Gasteiger partial charge in [-0.1, -0.05) is 0 Å². The number of carbonyl (C=O) groups is 1. The highest BCUT2D eigenvalue weighted by atomic mass is 16.5. The highest BCUT2D eigenvalue weighted by Crippen LogP contribution is 2.26. The Balaban J connectivity index is 3.16. The molecule has 1 atom stereocenters. The third-order valence-corrected chi connectivity index (χ3v) is 2.43. The maximum Gasteiger partial charge on any atom is 0.330 e. The van der Waals surface area contributed by atoms with Crippen LogP contribution in [-0.2, 0) is 14.9 Å². The van der Waals surface area contributed by atoms with Gasteiger partial charge in [-0.05, 0) is 25.5 Å². The second-order valence-electron chi connectivity index (χ2n) is 3.54. The lowest BCUT2D eigenvalue weighted by Crippen LogP contribution is -2.33. The summed E-state index contributed by atoms with van der Waals surface area (Å²) in [5.41, 5.74) is -0.836. The molecule has 0 aromatic carbocycles. The molecule has 1 heterocycles. The minimum Gasteiger partial charge on any atom is -0.481 e. The normalized spacial score (nSPS) is 13.3. The summed E-state index contributed by atoms with van der Waals surface area (Å²) in [6.45, 7) is 3.45. The van der Waals surface area contributed by atoms with Crippen LogP contribution in [0.1, 0.15) is 19.4 Å². The van der Waals surface area contributed by atoms with E-state index in [0.717, 1.165) is 0 Å². The van der Waals surface area contributed by atoms with Gasteiger partial charge in [-0.25, -0.2) is 9.78 Å². The second kappa shape index (κ2) is 5.30. The van der Waals surface area contributed by atoms with Gasteiger partial charge in [-0.15, -0.1) is 0 Å². The quantitative estimate of drug-likeness (QED) is 0.737. The van der Waals surface area contributed by atoms with Crippen molar-refractivity contribution in [3.63, 3.8) is 0 Å². The number of esters is 1. The summed E-state index contributed by atoms with van der Waals surface area (Å²) in [5, 5.41) is 9.19. The monoisotopic (exact) mass is 234 g/mol. The van der Waals surface area contributed by atoms with Crippen molar-refractivity contribution >= 4 is 5.97 Å². The van der Waals surface area contributed by atoms with E-state index in [4.69, 9.17) is 9.47 Å². The molecule has 0 radical (unpaired) electrons. The minimum absolute atomic E-state index is 0.234. The third kappa shape index (κ3) is 2.53. The molecule has 0 N–H and O–H groups in total. The van der Waals surface area contributed by atoms with E-state index < -0.39 is 11.4 Å². The molecule has 17 heavy (non-hydrogen) atoms. The molecule has 1 aromatic rings. The topological polar surface area (TPSA) is 72.2 Å². The summed E-state index contributed by atoms with van der Waals surface area (Å²) in [6.07, 6.45) is 1.49. The van der Waals surface area contributed by atoms with Crippen LogP contribution >= 0.6 is 0 Å². The van der Waals surface area contributed by atoms with E-state index in [9.17, 15) is 10.1 Å². The molecule has 1 rings (SSSR count). The molecule has 0 bridgehead atoms. The van der Waals surface area contributed by atoms with Gasteiger partial charge in [0.25, 0.3) is 0 Å². The van der Waals surface area contributed by atoms with Crippen molar-refractivity contribution in [2.45, 2.75) is 19.3 Å². The van der Waals surface area contributed by atoms with Crippen molar-refractivity contribution in [2.24, 2.45) is 0 Å². The molecule has 5 nitrogen and oxygen atoms in total. The summed E-state index contributed by atoms with van der Waals surface area (Å²) in [6, 6.07) is 5.13. The summed E-state index contributed by atoms with van der Waals surface area (Å²) in [5.74, 6) is -0.218. The fraction of sp³-hybridized carbons (Fsp3) is 0.417. The van der Waals surface area contributed by atoms with Gasteiger partial charge in [0.1, 0.15) is 0 Å². The zero-order valence-corrected chi connectivity index (χ0v) is 10.1. The fourth-order valence-corrected chi connectivity index (χ4v) is 1.34. The van der Waals surface area contributed by atoms with Crippen molar-refractivity contribution in [3.05, 3.63) is 23.9 Å². The number of rotatable bonds is 4. The van der Waals surface area contributed by atoms with Crippen LogP contribution < -0.4 is 4.74 Å². The van der Waals surface area contributed by atoms with Crippen molar-refractivity contribution in [1.29, 1.82) is 5.26 Å². The Hall–Kier alpha value is -2.09. The van der Waals surface area contributed by atoms with E-state index in [1.165, 1.54) is 20.2 Å². The number of hydrogen-bond acceptors (Lipinski definition) is 5. The van der Waals surface area contributed by atoms with E-state index in [1.807, 2.05) is 6.07 Å². The third-order valence-electron chi connectivity index (χ3n) is 2.43. The first-order chi connectivity index (χ1) is 8.08. The highest BCUT2D eigenvalue weighted by molar-refractivity contribution is 5.86. The molecule has 0 saturated heterocycles. The smallest absolute Gasteiger partial charge is 0.330 e. The van der Waals surface area contributed by atoms with Crippen LogP contribution in [0.25, 0.3) is 0 Å². The van der Waals surface area contributed by atoms with Crippen molar-refractivity contribution in [3.8, 4) is 11.9 Å². The number of nitriles is 1. The number of hydrogen-bond donors (Lipinski definition) is 0. The van der Waals surface area contributed by atoms with E-state index in [0.29, 0.717) is 11.4 Å². The largest absolute Gasteiger partial charge is 0.481 e. The first-order valence-corrected chi connectivity index (χ1v) is 5.17. The Morgan fingerprint density at radius 3 is 2.88 bits per heavy atom. The molecule has 5 heteroatoms. The number of carbonyl (C=O) groups excluding carboxylic acids is 1. The lowest BCUT2D eigenvalue weighted by molar-refractivity contribution is -0.147. The van der Waals surface area contributed by atoms with Crippen LogP contribution in [-0.4, -0.2) is 24.7 Å². The van der Waals surface area contributed by atoms with E-state index in [2.05, 4.69) is 4.98 Å². The number of ether oxygens (including phenoxy) is 2. The van der Waals surface area contributed by atoms with Gasteiger partial charge in [0.2, 0.25) is 5.88 Å². The molecule has 1 unspecified atom stereocenters. The second-order valence-corrected chi connectivity index (χ2v) is 3.54. The molecule has 0 aliphatic carbocycles. The Bertz CT molecular complexity index is 453. The maximum atomic E-state index is 11.8. The predicted molar refractivity (Wildman–Crippen MR) is 60.4 cm³/mol. The molecule has 0 spiro atoms. The zero-order chi connectivity index (χ0) is 12.9. The molecule has 0 fully saturated rings. The Labute approximate surface area is 100.0 Å². The van der Waals surface area contributed by atoms with Gasteiger partial charge in [0.15, 0.2) is 5.41 Å². The van der Waals surface area contributed by atoms with Crippen LogP contribution in [0.3, 0.4) is 0 Å². The van der Waals surface area contributed by atoms with Crippen LogP contribution in [0.4, 0.5) is 0 Å². The van der Waals surface area contributed by atoms with Crippen LogP contribution in [0.2, 0.25) is 0 Å². The summed E-state index contributed by atoms with van der Waals surface area (Å²) in [4.78, 5) is 15.7. The molecule has 0 aliphatic rings. The van der Waals surface area contributed by atoms with Gasteiger partial charge in [0.05, 0.1) is 19.8 Å². The zero-order valence-electron chi connectivity index (χ0n) is 10.1.